The van der Waals surface area contributed by atoms with Crippen LogP contribution in [-0.2, 0) is 41.5 Å². The summed E-state index contributed by atoms with van der Waals surface area (Å²) in [6.07, 6.45) is 11.0. The first-order chi connectivity index (χ1) is 19.8. The van der Waals surface area contributed by atoms with Gasteiger partial charge in [-0.15, -0.1) is 17.5 Å². The molecule has 0 saturated carbocycles. The van der Waals surface area contributed by atoms with Crippen molar-refractivity contribution >= 4 is 3.21 Å². The minimum Gasteiger partial charge on any atom is -1.00 e. The third-order valence-corrected chi connectivity index (χ3v) is 9.08. The molecule has 2 aliphatic rings. The summed E-state index contributed by atoms with van der Waals surface area (Å²) in [5, 5.41) is 0. The average Bonchev–Trinajstić information content (AvgIpc) is 3.63. The standard InChI is InChI=1S/C21H25.C15H14.C5H5.2ClH.Zr/c1-20(2,3)16-7-9-18-14(12-16)11-15-13-17(21(4,5)6)8-10-19(15)18;1-12-5-3-7-14(9-12)11-15-8-4-6-13(2)10-15;1-2-4-5-3-1;;;/h7-10,12H,11H2,1-6H3;3-10H,1-2H3;1-3H,4H2;2*1H;/q-1;;-1;;;+2/p-2. The van der Waals surface area contributed by atoms with Gasteiger partial charge in [-0.3, -0.25) is 6.08 Å². The van der Waals surface area contributed by atoms with Crippen molar-refractivity contribution in [3.63, 3.8) is 0 Å². The summed E-state index contributed by atoms with van der Waals surface area (Å²) in [7, 11) is 0. The van der Waals surface area contributed by atoms with Crippen molar-refractivity contribution in [2.75, 3.05) is 0 Å². The monoisotopic (exact) mass is 696 g/mol. The van der Waals surface area contributed by atoms with E-state index in [-0.39, 0.29) is 35.6 Å². The molecule has 0 heterocycles. The van der Waals surface area contributed by atoms with Gasteiger partial charge in [-0.25, -0.2) is 12.2 Å². The van der Waals surface area contributed by atoms with Crippen LogP contribution >= 0.6 is 0 Å². The van der Waals surface area contributed by atoms with Gasteiger partial charge in [0.05, 0.1) is 0 Å². The van der Waals surface area contributed by atoms with E-state index in [0.29, 0.717) is 0 Å². The molecule has 0 N–H and O–H groups in total. The van der Waals surface area contributed by atoms with Crippen molar-refractivity contribution in [1.29, 1.82) is 0 Å². The number of rotatable bonds is 2. The molecule has 228 valence electrons. The van der Waals surface area contributed by atoms with Crippen LogP contribution in [0.3, 0.4) is 0 Å². The van der Waals surface area contributed by atoms with E-state index >= 15 is 0 Å². The number of halogens is 2. The molecule has 0 nitrogen and oxygen atoms in total. The van der Waals surface area contributed by atoms with Gasteiger partial charge in [0.25, 0.3) is 0 Å². The molecular weight excluding hydrogens is 655 g/mol. The van der Waals surface area contributed by atoms with Gasteiger partial charge in [-0.05, 0) is 28.4 Å². The number of fused-ring (bicyclic) bond motifs is 3. The molecular formula is C41H44Cl2Zr-2. The van der Waals surface area contributed by atoms with E-state index in [4.69, 9.17) is 0 Å². The van der Waals surface area contributed by atoms with Crippen molar-refractivity contribution in [1.82, 2.24) is 0 Å². The van der Waals surface area contributed by atoms with Crippen LogP contribution in [0.25, 0.3) is 11.1 Å². The van der Waals surface area contributed by atoms with E-state index < -0.39 is 0 Å². The first-order valence-electron chi connectivity index (χ1n) is 15.0. The molecule has 0 bridgehead atoms. The number of benzene rings is 4. The van der Waals surface area contributed by atoms with Crippen molar-refractivity contribution < 1.29 is 49.0 Å². The molecule has 2 aliphatic carbocycles. The van der Waals surface area contributed by atoms with E-state index in [2.05, 4.69) is 152 Å². The van der Waals surface area contributed by atoms with Crippen LogP contribution in [0, 0.1) is 26.0 Å². The molecule has 0 saturated heterocycles. The molecule has 0 aromatic heterocycles. The smallest absolute Gasteiger partial charge is 0.109 e. The quantitative estimate of drug-likeness (QED) is 0.240. The molecule has 6 rings (SSSR count). The van der Waals surface area contributed by atoms with Gasteiger partial charge in [-0.1, -0.05) is 65.3 Å². The van der Waals surface area contributed by atoms with Gasteiger partial charge in [0, 0.05) is 0 Å². The van der Waals surface area contributed by atoms with Crippen LogP contribution in [0.2, 0.25) is 0 Å². The number of allylic oxidation sites excluding steroid dienone is 4. The minimum atomic E-state index is 0. The maximum absolute atomic E-state index is 3.67. The zero-order chi connectivity index (χ0) is 30.5. The third kappa shape index (κ3) is 10.1. The second-order valence-corrected chi connectivity index (χ2v) is 14.7. The van der Waals surface area contributed by atoms with Crippen LogP contribution < -0.4 is 24.8 Å². The Hall–Kier alpha value is -2.31. The van der Waals surface area contributed by atoms with Crippen LogP contribution in [-0.4, -0.2) is 3.21 Å². The number of hydrogen-bond acceptors (Lipinski definition) is 0. The maximum atomic E-state index is 3.67. The molecule has 0 aliphatic heterocycles. The average molecular weight is 699 g/mol. The first-order valence-corrected chi connectivity index (χ1v) is 16.2. The SMILES string of the molecule is CC(C)(C)c1[c-]c2c(cc1)-c1ccc(C(C)(C)C)cc1C2.Cc1cccc([C](=[Zr+2])c2cccc(C)c2)c1.[C-]1=CC=CC1.[Cl-].[Cl-]. The Morgan fingerprint density at radius 1 is 0.705 bits per heavy atom. The molecule has 4 aromatic rings. The fraction of sp³-hybridized carbons (Fsp3) is 0.293. The molecule has 44 heavy (non-hydrogen) atoms. The summed E-state index contributed by atoms with van der Waals surface area (Å²) in [6, 6.07) is 32.6. The van der Waals surface area contributed by atoms with Crippen molar-refractivity contribution in [2.45, 2.75) is 79.1 Å². The van der Waals surface area contributed by atoms with Gasteiger partial charge in [-0.2, -0.15) is 29.8 Å². The predicted octanol–water partition coefficient (Wildman–Crippen LogP) is 4.39. The van der Waals surface area contributed by atoms with Gasteiger partial charge in [0.2, 0.25) is 0 Å². The molecule has 3 heteroatoms. The predicted molar refractivity (Wildman–Crippen MR) is 178 cm³/mol. The Morgan fingerprint density at radius 3 is 1.75 bits per heavy atom. The summed E-state index contributed by atoms with van der Waals surface area (Å²) in [4.78, 5) is 0. The van der Waals surface area contributed by atoms with E-state index in [1.165, 1.54) is 83.1 Å². The fourth-order valence-corrected chi connectivity index (χ4v) is 5.90. The second kappa shape index (κ2) is 16.3. The Morgan fingerprint density at radius 2 is 1.30 bits per heavy atom. The van der Waals surface area contributed by atoms with E-state index in [1.807, 2.05) is 12.2 Å². The third-order valence-electron chi connectivity index (χ3n) is 7.66. The summed E-state index contributed by atoms with van der Waals surface area (Å²) < 4.78 is 1.43. The van der Waals surface area contributed by atoms with Crippen molar-refractivity contribution in [3.8, 4) is 11.1 Å². The van der Waals surface area contributed by atoms with Crippen molar-refractivity contribution in [3.05, 3.63) is 154 Å². The molecule has 4 aromatic carbocycles. The second-order valence-electron chi connectivity index (χ2n) is 13.4. The Bertz CT molecular complexity index is 1510. The van der Waals surface area contributed by atoms with Gasteiger partial charge in [0.1, 0.15) is 0 Å². The van der Waals surface area contributed by atoms with Crippen LogP contribution in [0.15, 0.2) is 97.1 Å². The van der Waals surface area contributed by atoms with Gasteiger partial charge >= 0.3 is 112 Å². The summed E-state index contributed by atoms with van der Waals surface area (Å²) in [5.74, 6) is 0. The molecule has 0 radical (unpaired) electrons. The zero-order valence-electron chi connectivity index (χ0n) is 27.4. The van der Waals surface area contributed by atoms with Crippen molar-refractivity contribution in [2.24, 2.45) is 0 Å². The Kier molecular flexibility index (Phi) is 14.0. The molecule has 0 atom stereocenters. The fourth-order valence-electron chi connectivity index (χ4n) is 5.14. The number of hydrogen-bond donors (Lipinski definition) is 0. The van der Waals surface area contributed by atoms with Gasteiger partial charge in [0.15, 0.2) is 0 Å². The first kappa shape index (κ1) is 37.9. The van der Waals surface area contributed by atoms with Gasteiger partial charge < -0.3 is 24.8 Å². The molecule has 0 fully saturated rings. The molecule has 0 unspecified atom stereocenters. The number of aryl methyl sites for hydroxylation is 2. The molecule has 0 spiro atoms. The summed E-state index contributed by atoms with van der Waals surface area (Å²) in [6.45, 7) is 17.9. The Balaban J connectivity index is 0.000000260. The largest absolute Gasteiger partial charge is 1.00 e. The van der Waals surface area contributed by atoms with E-state index in [9.17, 15) is 0 Å². The summed E-state index contributed by atoms with van der Waals surface area (Å²) in [5.41, 5.74) is 14.1. The van der Waals surface area contributed by atoms with E-state index in [1.54, 1.807) is 0 Å². The minimum absolute atomic E-state index is 0. The maximum Gasteiger partial charge on any atom is -0.109 e. The summed E-state index contributed by atoms with van der Waals surface area (Å²) >= 11 is 1.47. The Labute approximate surface area is 294 Å². The van der Waals surface area contributed by atoms with E-state index in [0.717, 1.165) is 12.8 Å². The topological polar surface area (TPSA) is 0 Å². The van der Waals surface area contributed by atoms with Crippen LogP contribution in [0.4, 0.5) is 0 Å². The molecule has 0 amide bonds. The zero-order valence-corrected chi connectivity index (χ0v) is 31.4. The van der Waals surface area contributed by atoms with Crippen LogP contribution in [0.1, 0.15) is 92.5 Å². The normalized spacial score (nSPS) is 12.4. The van der Waals surface area contributed by atoms with Crippen LogP contribution in [0.5, 0.6) is 0 Å².